The number of thioether (sulfide) groups is 1. The van der Waals surface area contributed by atoms with E-state index in [0.29, 0.717) is 5.95 Å². The Balaban J connectivity index is 1.85. The molecule has 0 aliphatic rings. The van der Waals surface area contributed by atoms with Gasteiger partial charge in [-0.3, -0.25) is 4.79 Å². The number of nitrogens with zero attached hydrogens (tertiary/aromatic N) is 4. The molecule has 25 heavy (non-hydrogen) atoms. The Labute approximate surface area is 151 Å². The van der Waals surface area contributed by atoms with Crippen LogP contribution in [-0.4, -0.2) is 49.0 Å². The Hall–Kier alpha value is -2.61. The Kier molecular flexibility index (Phi) is 6.76. The molecule has 0 spiro atoms. The van der Waals surface area contributed by atoms with Crippen molar-refractivity contribution in [2.75, 3.05) is 31.9 Å². The topological polar surface area (TPSA) is 79.7 Å². The van der Waals surface area contributed by atoms with Gasteiger partial charge in [-0.25, -0.2) is 15.4 Å². The molecule has 1 heterocycles. The van der Waals surface area contributed by atoms with E-state index in [0.717, 1.165) is 22.0 Å². The molecule has 0 fully saturated rings. The molecule has 0 aliphatic carbocycles. The zero-order chi connectivity index (χ0) is 18.2. The third kappa shape index (κ3) is 6.07. The number of anilines is 1. The molecule has 2 aromatic rings. The smallest absolute Gasteiger partial charge is 0.250 e. The first kappa shape index (κ1) is 18.7. The molecule has 0 aliphatic heterocycles. The lowest BCUT2D eigenvalue weighted by molar-refractivity contribution is -0.118. The van der Waals surface area contributed by atoms with Gasteiger partial charge in [0.2, 0.25) is 11.9 Å². The molecule has 0 unspecified atom stereocenters. The monoisotopic (exact) mass is 359 g/mol. The number of carbonyl (C=O) groups is 1. The normalized spacial score (nSPS) is 10.7. The van der Waals surface area contributed by atoms with E-state index in [2.05, 4.69) is 20.5 Å². The van der Waals surface area contributed by atoms with Gasteiger partial charge in [-0.2, -0.15) is 5.10 Å². The molecule has 0 bridgehead atoms. The van der Waals surface area contributed by atoms with Crippen LogP contribution in [0.15, 0.2) is 40.5 Å². The standard InChI is InChI=1S/C17H21N5O2S/c1-12-9-16(20-17(19-12)22(2)3)25-11-15(23)21-18-10-13-5-7-14(24-4)8-6-13/h5-10H,11H2,1-4H3,(H,21,23). The Bertz CT molecular complexity index is 747. The van der Waals surface area contributed by atoms with Crippen molar-refractivity contribution >= 4 is 29.8 Å². The van der Waals surface area contributed by atoms with Gasteiger partial charge >= 0.3 is 0 Å². The number of hydrogen-bond donors (Lipinski definition) is 1. The zero-order valence-electron chi connectivity index (χ0n) is 14.7. The second-order valence-corrected chi connectivity index (χ2v) is 6.39. The van der Waals surface area contributed by atoms with Crippen molar-refractivity contribution in [3.05, 3.63) is 41.6 Å². The molecule has 0 saturated carbocycles. The summed E-state index contributed by atoms with van der Waals surface area (Å²) < 4.78 is 5.09. The minimum Gasteiger partial charge on any atom is -0.497 e. The van der Waals surface area contributed by atoms with E-state index < -0.39 is 0 Å². The number of carbonyl (C=O) groups excluding carboxylic acids is 1. The van der Waals surface area contributed by atoms with Crippen LogP contribution in [0.25, 0.3) is 0 Å². The van der Waals surface area contributed by atoms with Crippen LogP contribution in [0.5, 0.6) is 5.75 Å². The quantitative estimate of drug-likeness (QED) is 0.353. The molecule has 0 radical (unpaired) electrons. The average Bonchev–Trinajstić information content (AvgIpc) is 2.60. The van der Waals surface area contributed by atoms with Gasteiger partial charge in [0.1, 0.15) is 10.8 Å². The number of hydrazone groups is 1. The summed E-state index contributed by atoms with van der Waals surface area (Å²) in [6, 6.07) is 9.23. The predicted octanol–water partition coefficient (Wildman–Crippen LogP) is 2.10. The van der Waals surface area contributed by atoms with Crippen LogP contribution in [0.1, 0.15) is 11.3 Å². The van der Waals surface area contributed by atoms with E-state index in [1.54, 1.807) is 13.3 Å². The highest BCUT2D eigenvalue weighted by Gasteiger charge is 2.07. The molecule has 1 amide bonds. The number of hydrogen-bond acceptors (Lipinski definition) is 7. The summed E-state index contributed by atoms with van der Waals surface area (Å²) in [5, 5.41) is 4.71. The molecule has 0 saturated heterocycles. The van der Waals surface area contributed by atoms with Crippen LogP contribution in [-0.2, 0) is 4.79 Å². The average molecular weight is 359 g/mol. The highest BCUT2D eigenvalue weighted by Crippen LogP contribution is 2.18. The molecule has 7 nitrogen and oxygen atoms in total. The summed E-state index contributed by atoms with van der Waals surface area (Å²) in [7, 11) is 5.37. The maximum Gasteiger partial charge on any atom is 0.250 e. The molecular formula is C17H21N5O2S. The van der Waals surface area contributed by atoms with Gasteiger partial charge in [0.05, 0.1) is 19.1 Å². The largest absolute Gasteiger partial charge is 0.497 e. The third-order valence-corrected chi connectivity index (χ3v) is 4.00. The van der Waals surface area contributed by atoms with Crippen LogP contribution in [0.2, 0.25) is 0 Å². The number of nitrogens with one attached hydrogen (secondary N) is 1. The fourth-order valence-electron chi connectivity index (χ4n) is 1.84. The Morgan fingerprint density at radius 1 is 1.32 bits per heavy atom. The number of benzene rings is 1. The summed E-state index contributed by atoms with van der Waals surface area (Å²) in [6.45, 7) is 1.90. The lowest BCUT2D eigenvalue weighted by Crippen LogP contribution is -2.20. The first-order valence-electron chi connectivity index (χ1n) is 7.59. The highest BCUT2D eigenvalue weighted by atomic mass is 32.2. The highest BCUT2D eigenvalue weighted by molar-refractivity contribution is 7.99. The first-order valence-corrected chi connectivity index (χ1v) is 8.58. The summed E-state index contributed by atoms with van der Waals surface area (Å²) >= 11 is 1.35. The molecule has 2 rings (SSSR count). The molecule has 1 N–H and O–H groups in total. The number of amides is 1. The van der Waals surface area contributed by atoms with Gasteiger partial charge in [-0.1, -0.05) is 11.8 Å². The number of methoxy groups -OCH3 is 1. The summed E-state index contributed by atoms with van der Waals surface area (Å²) in [6.07, 6.45) is 1.58. The lowest BCUT2D eigenvalue weighted by atomic mass is 10.2. The van der Waals surface area contributed by atoms with Gasteiger partial charge < -0.3 is 9.64 Å². The van der Waals surface area contributed by atoms with E-state index in [1.165, 1.54) is 11.8 Å². The number of aromatic nitrogens is 2. The van der Waals surface area contributed by atoms with Crippen LogP contribution >= 0.6 is 11.8 Å². The van der Waals surface area contributed by atoms with E-state index >= 15 is 0 Å². The Morgan fingerprint density at radius 3 is 2.68 bits per heavy atom. The van der Waals surface area contributed by atoms with Crippen molar-refractivity contribution in [3.8, 4) is 5.75 Å². The van der Waals surface area contributed by atoms with E-state index in [1.807, 2.05) is 56.3 Å². The van der Waals surface area contributed by atoms with Crippen LogP contribution < -0.4 is 15.1 Å². The predicted molar refractivity (Wildman–Crippen MR) is 101 cm³/mol. The fraction of sp³-hybridized carbons (Fsp3) is 0.294. The lowest BCUT2D eigenvalue weighted by Gasteiger charge is -2.11. The van der Waals surface area contributed by atoms with Gasteiger partial charge in [-0.05, 0) is 42.8 Å². The maximum atomic E-state index is 11.9. The van der Waals surface area contributed by atoms with Gasteiger partial charge in [0.25, 0.3) is 0 Å². The van der Waals surface area contributed by atoms with E-state index in [9.17, 15) is 4.79 Å². The van der Waals surface area contributed by atoms with Crippen molar-refractivity contribution in [3.63, 3.8) is 0 Å². The fourth-order valence-corrected chi connectivity index (χ4v) is 2.58. The Morgan fingerprint density at radius 2 is 2.04 bits per heavy atom. The summed E-state index contributed by atoms with van der Waals surface area (Å²) in [5.41, 5.74) is 4.24. The molecule has 0 atom stereocenters. The summed E-state index contributed by atoms with van der Waals surface area (Å²) in [5.74, 6) is 1.43. The van der Waals surface area contributed by atoms with Crippen LogP contribution in [0.4, 0.5) is 5.95 Å². The van der Waals surface area contributed by atoms with Crippen molar-refractivity contribution in [1.82, 2.24) is 15.4 Å². The molecular weight excluding hydrogens is 338 g/mol. The van der Waals surface area contributed by atoms with Crippen LogP contribution in [0, 0.1) is 6.92 Å². The number of aryl methyl sites for hydroxylation is 1. The van der Waals surface area contributed by atoms with Crippen molar-refractivity contribution in [2.45, 2.75) is 11.9 Å². The third-order valence-electron chi connectivity index (χ3n) is 3.09. The van der Waals surface area contributed by atoms with E-state index in [4.69, 9.17) is 4.74 Å². The minimum absolute atomic E-state index is 0.197. The van der Waals surface area contributed by atoms with Crippen molar-refractivity contribution < 1.29 is 9.53 Å². The van der Waals surface area contributed by atoms with E-state index in [-0.39, 0.29) is 11.7 Å². The molecule has 8 heteroatoms. The second-order valence-electron chi connectivity index (χ2n) is 5.40. The van der Waals surface area contributed by atoms with Crippen molar-refractivity contribution in [1.29, 1.82) is 0 Å². The van der Waals surface area contributed by atoms with Gasteiger partial charge in [-0.15, -0.1) is 0 Å². The maximum absolute atomic E-state index is 11.9. The SMILES string of the molecule is COc1ccc(C=NNC(=O)CSc2cc(C)nc(N(C)C)n2)cc1. The van der Waals surface area contributed by atoms with Gasteiger partial charge in [0, 0.05) is 19.8 Å². The molecule has 1 aromatic carbocycles. The second kappa shape index (κ2) is 9.03. The zero-order valence-corrected chi connectivity index (χ0v) is 15.5. The number of rotatable bonds is 7. The molecule has 1 aromatic heterocycles. The first-order chi connectivity index (χ1) is 12.0. The minimum atomic E-state index is -0.197. The summed E-state index contributed by atoms with van der Waals surface area (Å²) in [4.78, 5) is 22.4. The number of ether oxygens (including phenoxy) is 1. The van der Waals surface area contributed by atoms with Crippen molar-refractivity contribution in [2.24, 2.45) is 5.10 Å². The van der Waals surface area contributed by atoms with Gasteiger partial charge in [0.15, 0.2) is 0 Å². The molecule has 132 valence electrons. The van der Waals surface area contributed by atoms with Crippen LogP contribution in [0.3, 0.4) is 0 Å².